The summed E-state index contributed by atoms with van der Waals surface area (Å²) in [5.74, 6) is -0.124. The fourth-order valence-corrected chi connectivity index (χ4v) is 2.57. The van der Waals surface area contributed by atoms with E-state index in [2.05, 4.69) is 12.2 Å². The van der Waals surface area contributed by atoms with Crippen molar-refractivity contribution in [1.82, 2.24) is 5.32 Å². The van der Waals surface area contributed by atoms with Gasteiger partial charge in [-0.3, -0.25) is 9.59 Å². The number of carboxylic acids is 1. The Hall–Kier alpha value is -1.10. The van der Waals surface area contributed by atoms with Gasteiger partial charge in [-0.25, -0.2) is 0 Å². The van der Waals surface area contributed by atoms with Gasteiger partial charge in [-0.15, -0.1) is 0 Å². The molecular formula is C15H28N2O3. The van der Waals surface area contributed by atoms with Crippen molar-refractivity contribution in [3.05, 3.63) is 0 Å². The lowest BCUT2D eigenvalue weighted by Crippen LogP contribution is -2.46. The second kappa shape index (κ2) is 7.07. The van der Waals surface area contributed by atoms with E-state index in [1.165, 1.54) is 0 Å². The number of rotatable bonds is 6. The third-order valence-electron chi connectivity index (χ3n) is 4.59. The van der Waals surface area contributed by atoms with E-state index in [0.717, 1.165) is 12.8 Å². The number of nitrogens with one attached hydrogen (secondary N) is 1. The molecule has 1 aliphatic rings. The molecule has 1 unspecified atom stereocenters. The predicted molar refractivity (Wildman–Crippen MR) is 78.1 cm³/mol. The summed E-state index contributed by atoms with van der Waals surface area (Å²) in [5.41, 5.74) is 5.07. The molecule has 1 fully saturated rings. The number of nitrogens with two attached hydrogens (primary N) is 1. The highest BCUT2D eigenvalue weighted by Gasteiger charge is 2.41. The van der Waals surface area contributed by atoms with Crippen LogP contribution in [0.2, 0.25) is 0 Å². The van der Waals surface area contributed by atoms with Crippen molar-refractivity contribution in [1.29, 1.82) is 0 Å². The molecule has 1 saturated carbocycles. The summed E-state index contributed by atoms with van der Waals surface area (Å²) < 4.78 is 0. The first-order chi connectivity index (χ1) is 9.27. The summed E-state index contributed by atoms with van der Waals surface area (Å²) >= 11 is 0. The topological polar surface area (TPSA) is 92.4 Å². The van der Waals surface area contributed by atoms with Crippen molar-refractivity contribution >= 4 is 11.9 Å². The predicted octanol–water partition coefficient (Wildman–Crippen LogP) is 1.76. The maximum Gasteiger partial charge on any atom is 0.311 e. The van der Waals surface area contributed by atoms with Crippen molar-refractivity contribution in [3.8, 4) is 0 Å². The van der Waals surface area contributed by atoms with Crippen molar-refractivity contribution in [3.63, 3.8) is 0 Å². The zero-order chi connectivity index (χ0) is 15.3. The third-order valence-corrected chi connectivity index (χ3v) is 4.59. The van der Waals surface area contributed by atoms with Gasteiger partial charge in [0.05, 0.1) is 5.41 Å². The lowest BCUT2D eigenvalue weighted by molar-refractivity contribution is -0.151. The Labute approximate surface area is 121 Å². The fraction of sp³-hybridized carbons (Fsp3) is 0.867. The van der Waals surface area contributed by atoms with Crippen molar-refractivity contribution in [2.75, 3.05) is 6.54 Å². The molecule has 0 aromatic carbocycles. The summed E-state index contributed by atoms with van der Waals surface area (Å²) in [5, 5.41) is 12.3. The van der Waals surface area contributed by atoms with E-state index in [1.54, 1.807) is 0 Å². The highest BCUT2D eigenvalue weighted by atomic mass is 16.4. The molecule has 20 heavy (non-hydrogen) atoms. The minimum Gasteiger partial charge on any atom is -0.481 e. The highest BCUT2D eigenvalue weighted by Crippen LogP contribution is 2.38. The first-order valence-corrected chi connectivity index (χ1v) is 7.52. The van der Waals surface area contributed by atoms with Crippen LogP contribution >= 0.6 is 0 Å². The van der Waals surface area contributed by atoms with Crippen LogP contribution in [0.15, 0.2) is 0 Å². The molecule has 0 radical (unpaired) electrons. The lowest BCUT2D eigenvalue weighted by Gasteiger charge is -2.36. The molecule has 1 atom stereocenters. The van der Waals surface area contributed by atoms with Gasteiger partial charge in [0.2, 0.25) is 5.91 Å². The van der Waals surface area contributed by atoms with Gasteiger partial charge >= 0.3 is 5.97 Å². The van der Waals surface area contributed by atoms with E-state index in [1.807, 2.05) is 13.8 Å². The van der Waals surface area contributed by atoms with Gasteiger partial charge in [-0.05, 0) is 37.5 Å². The van der Waals surface area contributed by atoms with Crippen LogP contribution in [-0.2, 0) is 9.59 Å². The number of carboxylic acid groups (broad SMARTS) is 1. The second-order valence-electron chi connectivity index (χ2n) is 6.66. The van der Waals surface area contributed by atoms with Gasteiger partial charge < -0.3 is 16.2 Å². The van der Waals surface area contributed by atoms with Gasteiger partial charge in [0.1, 0.15) is 0 Å². The van der Waals surface area contributed by atoms with E-state index >= 15 is 0 Å². The van der Waals surface area contributed by atoms with Gasteiger partial charge in [0.15, 0.2) is 0 Å². The average molecular weight is 284 g/mol. The number of aliphatic carboxylic acids is 1. The molecule has 0 saturated heterocycles. The van der Waals surface area contributed by atoms with Gasteiger partial charge in [-0.2, -0.15) is 0 Å². The Morgan fingerprint density at radius 2 is 1.90 bits per heavy atom. The summed E-state index contributed by atoms with van der Waals surface area (Å²) in [6.07, 6.45) is 3.35. The molecule has 116 valence electrons. The third kappa shape index (κ3) is 4.47. The van der Waals surface area contributed by atoms with Crippen LogP contribution in [0.25, 0.3) is 0 Å². The Morgan fingerprint density at radius 3 is 2.35 bits per heavy atom. The fourth-order valence-electron chi connectivity index (χ4n) is 2.57. The number of hydrogen-bond donors (Lipinski definition) is 3. The number of carbonyl (C=O) groups is 2. The summed E-state index contributed by atoms with van der Waals surface area (Å²) in [4.78, 5) is 23.4. The monoisotopic (exact) mass is 284 g/mol. The van der Waals surface area contributed by atoms with Crippen LogP contribution in [-0.4, -0.2) is 29.6 Å². The number of amides is 1. The van der Waals surface area contributed by atoms with Crippen LogP contribution in [0.3, 0.4) is 0 Å². The maximum atomic E-state index is 11.8. The van der Waals surface area contributed by atoms with Gasteiger partial charge in [-0.1, -0.05) is 20.8 Å². The van der Waals surface area contributed by atoms with Crippen LogP contribution in [0, 0.1) is 17.3 Å². The molecular weight excluding hydrogens is 256 g/mol. The molecule has 0 aliphatic heterocycles. The van der Waals surface area contributed by atoms with Crippen molar-refractivity contribution < 1.29 is 14.7 Å². The van der Waals surface area contributed by atoms with Crippen LogP contribution in [0.1, 0.15) is 52.9 Å². The normalized spacial score (nSPS) is 28.1. The quantitative estimate of drug-likeness (QED) is 0.693. The molecule has 1 aliphatic carbocycles. The minimum absolute atomic E-state index is 0.148. The van der Waals surface area contributed by atoms with Gasteiger partial charge in [0.25, 0.3) is 0 Å². The SMILES string of the molecule is CC1CCC(CNC(=O)CC(N)C(C)C)(C(=O)O)CC1. The Balaban J connectivity index is 2.52. The van der Waals surface area contributed by atoms with Crippen LogP contribution in [0.5, 0.6) is 0 Å². The lowest BCUT2D eigenvalue weighted by atomic mass is 9.71. The molecule has 5 nitrogen and oxygen atoms in total. The molecule has 0 bridgehead atoms. The largest absolute Gasteiger partial charge is 0.481 e. The first-order valence-electron chi connectivity index (χ1n) is 7.52. The standard InChI is InChI=1S/C15H28N2O3/c1-10(2)12(16)8-13(18)17-9-15(14(19)20)6-4-11(3)5-7-15/h10-12H,4-9,16H2,1-3H3,(H,17,18)(H,19,20). The van der Waals surface area contributed by atoms with Crippen LogP contribution < -0.4 is 11.1 Å². The average Bonchev–Trinajstić information content (AvgIpc) is 2.38. The summed E-state index contributed by atoms with van der Waals surface area (Å²) in [7, 11) is 0. The number of carbonyl (C=O) groups excluding carboxylic acids is 1. The Kier molecular flexibility index (Phi) is 5.99. The first kappa shape index (κ1) is 17.0. The van der Waals surface area contributed by atoms with Crippen molar-refractivity contribution in [2.45, 2.75) is 58.9 Å². The van der Waals surface area contributed by atoms with E-state index in [-0.39, 0.29) is 30.8 Å². The van der Waals surface area contributed by atoms with E-state index < -0.39 is 11.4 Å². The maximum absolute atomic E-state index is 11.8. The van der Waals surface area contributed by atoms with E-state index in [9.17, 15) is 14.7 Å². The molecule has 0 aromatic rings. The molecule has 0 heterocycles. The van der Waals surface area contributed by atoms with Crippen LogP contribution in [0.4, 0.5) is 0 Å². The molecule has 0 spiro atoms. The smallest absolute Gasteiger partial charge is 0.311 e. The molecule has 0 aromatic heterocycles. The Bertz CT molecular complexity index is 347. The van der Waals surface area contributed by atoms with E-state index in [0.29, 0.717) is 18.8 Å². The summed E-state index contributed by atoms with van der Waals surface area (Å²) in [6.45, 7) is 6.31. The zero-order valence-electron chi connectivity index (χ0n) is 12.8. The van der Waals surface area contributed by atoms with Gasteiger partial charge in [0, 0.05) is 19.0 Å². The van der Waals surface area contributed by atoms with Crippen molar-refractivity contribution in [2.24, 2.45) is 23.0 Å². The second-order valence-corrected chi connectivity index (χ2v) is 6.66. The summed E-state index contributed by atoms with van der Waals surface area (Å²) in [6, 6.07) is -0.179. The zero-order valence-corrected chi connectivity index (χ0v) is 12.8. The number of hydrogen-bond acceptors (Lipinski definition) is 3. The minimum atomic E-state index is -0.794. The molecule has 4 N–H and O–H groups in total. The molecule has 1 amide bonds. The molecule has 5 heteroatoms. The Morgan fingerprint density at radius 1 is 1.35 bits per heavy atom. The van der Waals surface area contributed by atoms with E-state index in [4.69, 9.17) is 5.73 Å². The highest BCUT2D eigenvalue weighted by molar-refractivity contribution is 5.79. The molecule has 1 rings (SSSR count).